The third-order valence-corrected chi connectivity index (χ3v) is 8.63. The van der Waals surface area contributed by atoms with E-state index in [-0.39, 0.29) is 24.7 Å². The van der Waals surface area contributed by atoms with Gasteiger partial charge in [-0.25, -0.2) is 9.97 Å². The van der Waals surface area contributed by atoms with Crippen molar-refractivity contribution in [1.29, 1.82) is 0 Å². The van der Waals surface area contributed by atoms with Crippen LogP contribution in [0.5, 0.6) is 0 Å². The molecule has 2 saturated heterocycles. The van der Waals surface area contributed by atoms with Gasteiger partial charge in [-0.2, -0.15) is 0 Å². The summed E-state index contributed by atoms with van der Waals surface area (Å²) < 4.78 is 0. The van der Waals surface area contributed by atoms with Crippen LogP contribution in [0.3, 0.4) is 0 Å². The van der Waals surface area contributed by atoms with E-state index < -0.39 is 35.5 Å². The lowest BCUT2D eigenvalue weighted by atomic mass is 9.72. The number of aryl methyl sites for hydroxylation is 2. The molecule has 8 heteroatoms. The van der Waals surface area contributed by atoms with Gasteiger partial charge < -0.3 is 0 Å². The number of hydrogen-bond donors (Lipinski definition) is 0. The number of imide groups is 2. The minimum Gasteiger partial charge on any atom is -0.274 e. The number of carbonyl (C=O) groups excluding carboxylic acids is 4. The van der Waals surface area contributed by atoms with E-state index in [0.717, 1.165) is 11.1 Å². The lowest BCUT2D eigenvalue weighted by Crippen LogP contribution is -2.39. The zero-order valence-electron chi connectivity index (χ0n) is 22.1. The summed E-state index contributed by atoms with van der Waals surface area (Å²) in [5, 5.41) is 0. The standard InChI is InChI=1S/C32H26N4O4/c1-17-13-23-24(14-18(17)2)34-26-16-22-28(32(40)36(30(22)38)20-11-7-4-8-12-20)27-21(15-25(26)33-23)29(37)35(31(27)39)19-9-5-3-6-10-19/h3-14,21-22,27-28H,15-16H2,1-2H3/t21-,22-,27-,28-/m0/s1. The molecule has 3 heterocycles. The summed E-state index contributed by atoms with van der Waals surface area (Å²) in [6, 6.07) is 21.4. The molecule has 0 spiro atoms. The van der Waals surface area contributed by atoms with Crippen LogP contribution in [0, 0.1) is 37.5 Å². The molecular formula is C32H26N4O4. The van der Waals surface area contributed by atoms with Crippen LogP contribution in [0.1, 0.15) is 22.5 Å². The number of para-hydroxylation sites is 2. The van der Waals surface area contributed by atoms with E-state index in [1.54, 1.807) is 48.5 Å². The van der Waals surface area contributed by atoms with E-state index in [2.05, 4.69) is 0 Å². The van der Waals surface area contributed by atoms with Gasteiger partial charge in [0.25, 0.3) is 0 Å². The summed E-state index contributed by atoms with van der Waals surface area (Å²) in [4.78, 5) is 68.2. The Hall–Kier alpha value is -4.72. The summed E-state index contributed by atoms with van der Waals surface area (Å²) >= 11 is 0. The molecule has 40 heavy (non-hydrogen) atoms. The molecule has 4 atom stereocenters. The zero-order chi connectivity index (χ0) is 27.7. The molecule has 8 nitrogen and oxygen atoms in total. The normalized spacial score (nSPS) is 24.1. The fraction of sp³-hybridized carbons (Fsp3) is 0.250. The first-order chi connectivity index (χ1) is 19.3. The van der Waals surface area contributed by atoms with Crippen LogP contribution in [-0.4, -0.2) is 33.6 Å². The van der Waals surface area contributed by atoms with Crippen molar-refractivity contribution >= 4 is 46.0 Å². The molecule has 2 fully saturated rings. The maximum absolute atomic E-state index is 14.0. The molecule has 4 aromatic rings. The molecule has 7 rings (SSSR count). The fourth-order valence-corrected chi connectivity index (χ4v) is 6.53. The number of amides is 4. The van der Waals surface area contributed by atoms with Gasteiger partial charge in [-0.3, -0.25) is 29.0 Å². The molecular weight excluding hydrogens is 504 g/mol. The summed E-state index contributed by atoms with van der Waals surface area (Å²) in [6.07, 6.45) is 0.333. The number of anilines is 2. The van der Waals surface area contributed by atoms with Crippen molar-refractivity contribution in [2.24, 2.45) is 23.7 Å². The van der Waals surface area contributed by atoms with Gasteiger partial charge in [-0.1, -0.05) is 36.4 Å². The van der Waals surface area contributed by atoms with Gasteiger partial charge in [0.05, 0.1) is 57.5 Å². The molecule has 1 aromatic heterocycles. The number of fused-ring (bicyclic) bond motifs is 5. The Bertz CT molecular complexity index is 1610. The predicted molar refractivity (Wildman–Crippen MR) is 148 cm³/mol. The van der Waals surface area contributed by atoms with E-state index in [9.17, 15) is 19.2 Å². The van der Waals surface area contributed by atoms with Crippen molar-refractivity contribution < 1.29 is 19.2 Å². The second-order valence-electron chi connectivity index (χ2n) is 10.9. The average molecular weight is 531 g/mol. The number of rotatable bonds is 2. The molecule has 0 saturated carbocycles. The van der Waals surface area contributed by atoms with Gasteiger partial charge in [-0.05, 0) is 61.4 Å². The van der Waals surface area contributed by atoms with Crippen LogP contribution < -0.4 is 9.80 Å². The van der Waals surface area contributed by atoms with Crippen molar-refractivity contribution in [3.8, 4) is 0 Å². The third-order valence-electron chi connectivity index (χ3n) is 8.63. The number of benzene rings is 3. The first-order valence-electron chi connectivity index (χ1n) is 13.5. The lowest BCUT2D eigenvalue weighted by Gasteiger charge is -2.27. The van der Waals surface area contributed by atoms with E-state index in [1.165, 1.54) is 9.80 Å². The Morgan fingerprint density at radius 3 is 1.32 bits per heavy atom. The van der Waals surface area contributed by atoms with Crippen LogP contribution in [0.4, 0.5) is 11.4 Å². The van der Waals surface area contributed by atoms with Gasteiger partial charge in [0, 0.05) is 12.8 Å². The Balaban J connectivity index is 1.42. The van der Waals surface area contributed by atoms with Crippen LogP contribution in [-0.2, 0) is 32.0 Å². The Morgan fingerprint density at radius 2 is 0.950 bits per heavy atom. The van der Waals surface area contributed by atoms with E-state index in [0.29, 0.717) is 33.8 Å². The number of nitrogens with zero attached hydrogens (tertiary/aromatic N) is 4. The summed E-state index contributed by atoms with van der Waals surface area (Å²) in [6.45, 7) is 4.01. The topological polar surface area (TPSA) is 101 Å². The molecule has 0 unspecified atom stereocenters. The number of hydrogen-bond acceptors (Lipinski definition) is 6. The Kier molecular flexibility index (Phi) is 5.42. The highest BCUT2D eigenvalue weighted by molar-refractivity contribution is 6.27. The summed E-state index contributed by atoms with van der Waals surface area (Å²) in [5.41, 5.74) is 5.64. The first-order valence-corrected chi connectivity index (χ1v) is 13.5. The van der Waals surface area contributed by atoms with Crippen LogP contribution >= 0.6 is 0 Å². The van der Waals surface area contributed by atoms with Gasteiger partial charge >= 0.3 is 0 Å². The summed E-state index contributed by atoms with van der Waals surface area (Å²) in [5.74, 6) is -5.30. The molecule has 1 aliphatic carbocycles. The molecule has 2 aliphatic heterocycles. The molecule has 3 aliphatic rings. The van der Waals surface area contributed by atoms with Crippen LogP contribution in [0.2, 0.25) is 0 Å². The highest BCUT2D eigenvalue weighted by Crippen LogP contribution is 2.47. The first kappa shape index (κ1) is 24.3. The van der Waals surface area contributed by atoms with Gasteiger partial charge in [0.15, 0.2) is 0 Å². The van der Waals surface area contributed by atoms with Gasteiger partial charge in [0.2, 0.25) is 23.6 Å². The SMILES string of the molecule is Cc1cc2nc3c(nc2cc1C)C[C@@H]1C(=O)N(c2ccccc2)C(=O)[C@@H]1[C@H]1C(=O)N(c2ccccc2)C(=O)[C@H]1C3. The molecule has 0 bridgehead atoms. The van der Waals surface area contributed by atoms with E-state index in [4.69, 9.17) is 9.97 Å². The predicted octanol–water partition coefficient (Wildman–Crippen LogP) is 3.96. The highest BCUT2D eigenvalue weighted by atomic mass is 16.2. The van der Waals surface area contributed by atoms with Crippen molar-refractivity contribution in [3.05, 3.63) is 95.3 Å². The molecule has 4 amide bonds. The van der Waals surface area contributed by atoms with Crippen molar-refractivity contribution in [3.63, 3.8) is 0 Å². The van der Waals surface area contributed by atoms with E-state index >= 15 is 0 Å². The van der Waals surface area contributed by atoms with Crippen LogP contribution in [0.15, 0.2) is 72.8 Å². The Morgan fingerprint density at radius 1 is 0.575 bits per heavy atom. The maximum atomic E-state index is 14.0. The Labute approximate surface area is 230 Å². The second-order valence-corrected chi connectivity index (χ2v) is 10.9. The smallest absolute Gasteiger partial charge is 0.238 e. The maximum Gasteiger partial charge on any atom is 0.238 e. The minimum atomic E-state index is -0.978. The second kappa shape index (κ2) is 8.91. The number of aromatic nitrogens is 2. The van der Waals surface area contributed by atoms with Gasteiger partial charge in [0.1, 0.15) is 0 Å². The van der Waals surface area contributed by atoms with Crippen molar-refractivity contribution in [2.75, 3.05) is 9.80 Å². The summed E-state index contributed by atoms with van der Waals surface area (Å²) in [7, 11) is 0. The van der Waals surface area contributed by atoms with Gasteiger partial charge in [-0.15, -0.1) is 0 Å². The lowest BCUT2D eigenvalue weighted by molar-refractivity contribution is -0.131. The zero-order valence-corrected chi connectivity index (χ0v) is 22.1. The fourth-order valence-electron chi connectivity index (χ4n) is 6.53. The van der Waals surface area contributed by atoms with Crippen LogP contribution in [0.25, 0.3) is 11.0 Å². The van der Waals surface area contributed by atoms with Crippen molar-refractivity contribution in [1.82, 2.24) is 9.97 Å². The molecule has 0 N–H and O–H groups in total. The third kappa shape index (κ3) is 3.52. The largest absolute Gasteiger partial charge is 0.274 e. The monoisotopic (exact) mass is 530 g/mol. The minimum absolute atomic E-state index is 0.166. The van der Waals surface area contributed by atoms with Crippen molar-refractivity contribution in [2.45, 2.75) is 26.7 Å². The highest BCUT2D eigenvalue weighted by Gasteiger charge is 2.61. The average Bonchev–Trinajstić information content (AvgIpc) is 3.31. The molecule has 3 aromatic carbocycles. The molecule has 198 valence electrons. The van der Waals surface area contributed by atoms with E-state index in [1.807, 2.05) is 38.1 Å². The molecule has 0 radical (unpaired) electrons. The number of carbonyl (C=O) groups is 4. The quantitative estimate of drug-likeness (QED) is 0.364.